The molecule has 0 heterocycles. The zero-order chi connectivity index (χ0) is 14.7. The van der Waals surface area contributed by atoms with Gasteiger partial charge in [0.05, 0.1) is 14.2 Å². The predicted molar refractivity (Wildman–Crippen MR) is 82.0 cm³/mol. The van der Waals surface area contributed by atoms with Crippen molar-refractivity contribution in [1.82, 2.24) is 0 Å². The predicted octanol–water partition coefficient (Wildman–Crippen LogP) is 2.72. The molecule has 0 atom stereocenters. The molecule has 2 aromatic rings. The first-order valence-corrected chi connectivity index (χ1v) is 6.42. The third kappa shape index (κ3) is 2.56. The number of ether oxygens (including phenoxy) is 2. The molecule has 0 saturated carbocycles. The monoisotopic (exact) mass is 272 g/mol. The second-order valence-electron chi connectivity index (χ2n) is 4.67. The number of nitrogens with two attached hydrogens (primary N) is 2. The van der Waals surface area contributed by atoms with Crippen molar-refractivity contribution in [3.8, 4) is 22.6 Å². The van der Waals surface area contributed by atoms with E-state index in [-0.39, 0.29) is 0 Å². The minimum atomic E-state index is 0.374. The maximum atomic E-state index is 6.07. The van der Waals surface area contributed by atoms with Gasteiger partial charge in [-0.3, -0.25) is 0 Å². The molecule has 0 aliphatic carbocycles. The highest BCUT2D eigenvalue weighted by Crippen LogP contribution is 2.38. The lowest BCUT2D eigenvalue weighted by molar-refractivity contribution is 0.352. The van der Waals surface area contributed by atoms with Gasteiger partial charge in [0.2, 0.25) is 0 Å². The minimum absolute atomic E-state index is 0.374. The fourth-order valence-electron chi connectivity index (χ4n) is 2.27. The molecule has 0 aliphatic heterocycles. The van der Waals surface area contributed by atoms with Crippen molar-refractivity contribution < 1.29 is 9.47 Å². The quantitative estimate of drug-likeness (QED) is 0.840. The number of hydrogen-bond donors (Lipinski definition) is 2. The lowest BCUT2D eigenvalue weighted by Gasteiger charge is -2.15. The fraction of sp³-hybridized carbons (Fsp3) is 0.250. The molecule has 106 valence electrons. The van der Waals surface area contributed by atoms with Crippen LogP contribution in [0.1, 0.15) is 11.1 Å². The summed E-state index contributed by atoms with van der Waals surface area (Å²) >= 11 is 0. The van der Waals surface area contributed by atoms with Gasteiger partial charge in [-0.1, -0.05) is 11.6 Å². The van der Waals surface area contributed by atoms with Crippen molar-refractivity contribution in [2.45, 2.75) is 13.5 Å². The fourth-order valence-corrected chi connectivity index (χ4v) is 2.27. The van der Waals surface area contributed by atoms with Crippen LogP contribution >= 0.6 is 0 Å². The van der Waals surface area contributed by atoms with Gasteiger partial charge in [0.25, 0.3) is 0 Å². The molecule has 2 aromatic carbocycles. The zero-order valence-electron chi connectivity index (χ0n) is 12.1. The molecule has 0 bridgehead atoms. The van der Waals surface area contributed by atoms with Crippen LogP contribution in [0.2, 0.25) is 0 Å². The first-order chi connectivity index (χ1) is 9.60. The molecule has 4 nitrogen and oxygen atoms in total. The van der Waals surface area contributed by atoms with Gasteiger partial charge in [-0.2, -0.15) is 0 Å². The molecular formula is C16H20N2O2. The Kier molecular flexibility index (Phi) is 4.15. The van der Waals surface area contributed by atoms with Gasteiger partial charge >= 0.3 is 0 Å². The highest BCUT2D eigenvalue weighted by molar-refractivity contribution is 5.79. The van der Waals surface area contributed by atoms with Crippen molar-refractivity contribution in [3.05, 3.63) is 41.5 Å². The van der Waals surface area contributed by atoms with E-state index in [4.69, 9.17) is 20.9 Å². The number of rotatable bonds is 4. The summed E-state index contributed by atoms with van der Waals surface area (Å²) < 4.78 is 10.8. The van der Waals surface area contributed by atoms with Crippen molar-refractivity contribution in [3.63, 3.8) is 0 Å². The van der Waals surface area contributed by atoms with Crippen LogP contribution in [0.25, 0.3) is 11.1 Å². The summed E-state index contributed by atoms with van der Waals surface area (Å²) in [6.45, 7) is 2.41. The number of nitrogen functional groups attached to an aromatic ring is 1. The average Bonchev–Trinajstić information content (AvgIpc) is 2.48. The second-order valence-corrected chi connectivity index (χ2v) is 4.67. The SMILES string of the molecule is COc1cc(-c2cc(C)ccc2N)cc(CN)c1OC. The molecule has 4 heteroatoms. The highest BCUT2D eigenvalue weighted by atomic mass is 16.5. The van der Waals surface area contributed by atoms with Gasteiger partial charge in [0.15, 0.2) is 11.5 Å². The van der Waals surface area contributed by atoms with Gasteiger partial charge in [-0.25, -0.2) is 0 Å². The van der Waals surface area contributed by atoms with E-state index in [1.165, 1.54) is 0 Å². The lowest BCUT2D eigenvalue weighted by atomic mass is 9.98. The maximum absolute atomic E-state index is 6.07. The summed E-state index contributed by atoms with van der Waals surface area (Å²) in [4.78, 5) is 0. The number of anilines is 1. The number of aryl methyl sites for hydroxylation is 1. The van der Waals surface area contributed by atoms with Crippen LogP contribution in [0.5, 0.6) is 11.5 Å². The Hall–Kier alpha value is -2.20. The largest absolute Gasteiger partial charge is 0.493 e. The third-order valence-electron chi connectivity index (χ3n) is 3.30. The summed E-state index contributed by atoms with van der Waals surface area (Å²) in [5.41, 5.74) is 16.6. The van der Waals surface area contributed by atoms with Crippen LogP contribution in [0.4, 0.5) is 5.69 Å². The number of hydrogen-bond acceptors (Lipinski definition) is 4. The highest BCUT2D eigenvalue weighted by Gasteiger charge is 2.13. The van der Waals surface area contributed by atoms with E-state index in [9.17, 15) is 0 Å². The zero-order valence-corrected chi connectivity index (χ0v) is 12.1. The molecular weight excluding hydrogens is 252 g/mol. The van der Waals surface area contributed by atoms with E-state index in [1.54, 1.807) is 14.2 Å². The van der Waals surface area contributed by atoms with Crippen LogP contribution in [-0.2, 0) is 6.54 Å². The van der Waals surface area contributed by atoms with E-state index >= 15 is 0 Å². The van der Waals surface area contributed by atoms with Gasteiger partial charge in [-0.05, 0) is 36.8 Å². The molecule has 4 N–H and O–H groups in total. The molecule has 0 aromatic heterocycles. The van der Waals surface area contributed by atoms with E-state index in [0.29, 0.717) is 18.0 Å². The molecule has 0 amide bonds. The van der Waals surface area contributed by atoms with Crippen LogP contribution < -0.4 is 20.9 Å². The third-order valence-corrected chi connectivity index (χ3v) is 3.30. The van der Waals surface area contributed by atoms with Crippen molar-refractivity contribution in [1.29, 1.82) is 0 Å². The van der Waals surface area contributed by atoms with Gasteiger partial charge in [0, 0.05) is 23.4 Å². The van der Waals surface area contributed by atoms with Crippen LogP contribution in [0.15, 0.2) is 30.3 Å². The summed E-state index contributed by atoms with van der Waals surface area (Å²) in [6, 6.07) is 9.86. The molecule has 2 rings (SSSR count). The Labute approximate surface area is 119 Å². The summed E-state index contributed by atoms with van der Waals surface area (Å²) in [5.74, 6) is 1.33. The molecule has 0 fully saturated rings. The minimum Gasteiger partial charge on any atom is -0.493 e. The van der Waals surface area contributed by atoms with E-state index < -0.39 is 0 Å². The van der Waals surface area contributed by atoms with E-state index in [2.05, 4.69) is 6.07 Å². The van der Waals surface area contributed by atoms with Crippen LogP contribution in [0, 0.1) is 6.92 Å². The van der Waals surface area contributed by atoms with Crippen molar-refractivity contribution >= 4 is 5.69 Å². The molecule has 0 spiro atoms. The molecule has 0 saturated heterocycles. The Morgan fingerprint density at radius 3 is 2.40 bits per heavy atom. The van der Waals surface area contributed by atoms with Gasteiger partial charge in [-0.15, -0.1) is 0 Å². The summed E-state index contributed by atoms with van der Waals surface area (Å²) in [6.07, 6.45) is 0. The molecule has 0 radical (unpaired) electrons. The Morgan fingerprint density at radius 1 is 1.05 bits per heavy atom. The summed E-state index contributed by atoms with van der Waals surface area (Å²) in [7, 11) is 3.22. The Morgan fingerprint density at radius 2 is 1.80 bits per heavy atom. The number of methoxy groups -OCH3 is 2. The van der Waals surface area contributed by atoms with Gasteiger partial charge in [0.1, 0.15) is 0 Å². The van der Waals surface area contributed by atoms with Crippen LogP contribution in [0.3, 0.4) is 0 Å². The smallest absolute Gasteiger partial charge is 0.165 e. The average molecular weight is 272 g/mol. The Bertz CT molecular complexity index is 599. The van der Waals surface area contributed by atoms with Crippen molar-refractivity contribution in [2.75, 3.05) is 20.0 Å². The normalized spacial score (nSPS) is 10.4. The molecule has 20 heavy (non-hydrogen) atoms. The summed E-state index contributed by atoms with van der Waals surface area (Å²) in [5, 5.41) is 0. The number of benzene rings is 2. The topological polar surface area (TPSA) is 70.5 Å². The van der Waals surface area contributed by atoms with E-state index in [1.807, 2.05) is 31.2 Å². The lowest BCUT2D eigenvalue weighted by Crippen LogP contribution is -2.03. The van der Waals surface area contributed by atoms with Gasteiger partial charge < -0.3 is 20.9 Å². The molecule has 0 aliphatic rings. The van der Waals surface area contributed by atoms with Crippen molar-refractivity contribution in [2.24, 2.45) is 5.73 Å². The maximum Gasteiger partial charge on any atom is 0.165 e. The standard InChI is InChI=1S/C16H20N2O2/c1-10-4-5-14(18)13(6-10)11-7-12(9-17)16(20-3)15(8-11)19-2/h4-8H,9,17-18H2,1-3H3. The first-order valence-electron chi connectivity index (χ1n) is 6.42. The Balaban J connectivity index is 2.65. The first kappa shape index (κ1) is 14.2. The van der Waals surface area contributed by atoms with E-state index in [0.717, 1.165) is 27.9 Å². The second kappa shape index (κ2) is 5.84. The van der Waals surface area contributed by atoms with Crippen LogP contribution in [-0.4, -0.2) is 14.2 Å². The molecule has 0 unspecified atom stereocenters.